The summed E-state index contributed by atoms with van der Waals surface area (Å²) in [5, 5.41) is 8.73. The van der Waals surface area contributed by atoms with Gasteiger partial charge in [0.05, 0.1) is 23.6 Å². The monoisotopic (exact) mass is 491 g/mol. The second-order valence-electron chi connectivity index (χ2n) is 8.37. The summed E-state index contributed by atoms with van der Waals surface area (Å²) in [5.41, 5.74) is 3.19. The number of benzene rings is 2. The van der Waals surface area contributed by atoms with E-state index in [9.17, 15) is 9.18 Å². The number of halogens is 2. The number of hydrogen-bond donors (Lipinski definition) is 0. The van der Waals surface area contributed by atoms with Gasteiger partial charge in [0, 0.05) is 54.7 Å². The van der Waals surface area contributed by atoms with Gasteiger partial charge in [-0.15, -0.1) is 0 Å². The summed E-state index contributed by atoms with van der Waals surface area (Å²) in [7, 11) is 0. The van der Waals surface area contributed by atoms with Gasteiger partial charge in [0.2, 0.25) is 5.95 Å². The van der Waals surface area contributed by atoms with Crippen LogP contribution >= 0.6 is 11.6 Å². The molecule has 0 N–H and O–H groups in total. The van der Waals surface area contributed by atoms with Crippen LogP contribution in [0.3, 0.4) is 0 Å². The Labute approximate surface area is 207 Å². The molecule has 1 saturated heterocycles. The van der Waals surface area contributed by atoms with Crippen LogP contribution in [0.15, 0.2) is 61.2 Å². The predicted octanol–water partition coefficient (Wildman–Crippen LogP) is 4.18. The van der Waals surface area contributed by atoms with Crippen molar-refractivity contribution in [2.24, 2.45) is 0 Å². The molecule has 0 bridgehead atoms. The summed E-state index contributed by atoms with van der Waals surface area (Å²) in [4.78, 5) is 27.8. The van der Waals surface area contributed by atoms with Crippen molar-refractivity contribution in [3.05, 3.63) is 83.2 Å². The molecule has 1 amide bonds. The Morgan fingerprint density at radius 2 is 1.74 bits per heavy atom. The highest BCUT2D eigenvalue weighted by atomic mass is 35.5. The molecule has 2 aromatic carbocycles. The molecule has 0 atom stereocenters. The van der Waals surface area contributed by atoms with Crippen LogP contribution < -0.4 is 4.90 Å². The van der Waals surface area contributed by atoms with Gasteiger partial charge in [-0.25, -0.2) is 14.4 Å². The topological polar surface area (TPSA) is 80.0 Å². The van der Waals surface area contributed by atoms with E-state index in [4.69, 9.17) is 11.6 Å². The normalized spacial score (nSPS) is 14.1. The third kappa shape index (κ3) is 4.85. The predicted molar refractivity (Wildman–Crippen MR) is 131 cm³/mol. The Bertz CT molecular complexity index is 1340. The van der Waals surface area contributed by atoms with Crippen molar-refractivity contribution in [1.29, 1.82) is 0 Å². The van der Waals surface area contributed by atoms with Gasteiger partial charge in [0.25, 0.3) is 5.91 Å². The molecule has 10 heteroatoms. The third-order valence-corrected chi connectivity index (χ3v) is 6.20. The first-order chi connectivity index (χ1) is 17.0. The number of carbonyl (C=O) groups excluding carboxylic acids is 1. The van der Waals surface area contributed by atoms with E-state index in [2.05, 4.69) is 20.2 Å². The van der Waals surface area contributed by atoms with Crippen LogP contribution in [0, 0.1) is 12.7 Å². The average molecular weight is 492 g/mol. The highest BCUT2D eigenvalue weighted by Gasteiger charge is 2.24. The zero-order valence-corrected chi connectivity index (χ0v) is 19.9. The van der Waals surface area contributed by atoms with Crippen LogP contribution in [0.4, 0.5) is 10.3 Å². The number of aryl methyl sites for hydroxylation is 1. The maximum atomic E-state index is 14.2. The van der Waals surface area contributed by atoms with E-state index in [1.165, 1.54) is 10.9 Å². The Balaban J connectivity index is 1.31. The highest BCUT2D eigenvalue weighted by molar-refractivity contribution is 6.30. The molecule has 1 fully saturated rings. The number of nitrogens with zero attached hydrogens (tertiary/aromatic N) is 7. The third-order valence-electron chi connectivity index (χ3n) is 5.96. The minimum Gasteiger partial charge on any atom is -0.339 e. The second kappa shape index (κ2) is 9.79. The summed E-state index contributed by atoms with van der Waals surface area (Å²) in [6.45, 7) is 4.39. The number of amides is 1. The van der Waals surface area contributed by atoms with Crippen LogP contribution in [-0.4, -0.2) is 61.9 Å². The lowest BCUT2D eigenvalue weighted by atomic mass is 10.1. The van der Waals surface area contributed by atoms with Crippen LogP contribution in [0.2, 0.25) is 5.02 Å². The molecule has 0 unspecified atom stereocenters. The number of aromatic nitrogens is 5. The van der Waals surface area contributed by atoms with Crippen molar-refractivity contribution in [3.63, 3.8) is 0 Å². The molecule has 0 aliphatic carbocycles. The van der Waals surface area contributed by atoms with Gasteiger partial charge in [0.1, 0.15) is 5.82 Å². The van der Waals surface area contributed by atoms with E-state index in [1.807, 2.05) is 34.9 Å². The molecule has 1 aliphatic heterocycles. The van der Waals surface area contributed by atoms with E-state index in [0.717, 1.165) is 12.0 Å². The van der Waals surface area contributed by atoms with Crippen LogP contribution in [-0.2, 0) is 0 Å². The molecule has 178 valence electrons. The molecule has 2 aromatic heterocycles. The van der Waals surface area contributed by atoms with Crippen molar-refractivity contribution in [2.75, 3.05) is 31.1 Å². The largest absolute Gasteiger partial charge is 0.339 e. The van der Waals surface area contributed by atoms with Gasteiger partial charge in [0.15, 0.2) is 0 Å². The molecular formula is C25H23ClFN7O. The molecule has 3 heterocycles. The number of rotatable bonds is 4. The van der Waals surface area contributed by atoms with Gasteiger partial charge in [-0.05, 0) is 43.7 Å². The fraction of sp³-hybridized carbons (Fsp3) is 0.240. The first-order valence-corrected chi connectivity index (χ1v) is 11.7. The lowest BCUT2D eigenvalue weighted by Crippen LogP contribution is -2.36. The Hall–Kier alpha value is -3.85. The molecule has 5 rings (SSSR count). The number of anilines is 1. The van der Waals surface area contributed by atoms with Gasteiger partial charge in [-0.1, -0.05) is 23.2 Å². The molecule has 8 nitrogen and oxygen atoms in total. The Kier molecular flexibility index (Phi) is 6.41. The minimum atomic E-state index is -0.418. The van der Waals surface area contributed by atoms with Gasteiger partial charge in [-0.2, -0.15) is 15.0 Å². The second-order valence-corrected chi connectivity index (χ2v) is 8.80. The zero-order chi connectivity index (χ0) is 24.4. The average Bonchev–Trinajstić information content (AvgIpc) is 3.28. The summed E-state index contributed by atoms with van der Waals surface area (Å²) in [6.07, 6.45) is 7.16. The van der Waals surface area contributed by atoms with E-state index >= 15 is 0 Å². The Morgan fingerprint density at radius 1 is 0.971 bits per heavy atom. The van der Waals surface area contributed by atoms with E-state index in [0.29, 0.717) is 59.5 Å². The van der Waals surface area contributed by atoms with Crippen molar-refractivity contribution in [1.82, 2.24) is 29.9 Å². The number of hydrogen-bond acceptors (Lipinski definition) is 6. The van der Waals surface area contributed by atoms with Crippen LogP contribution in [0.25, 0.3) is 16.8 Å². The smallest absolute Gasteiger partial charge is 0.256 e. The van der Waals surface area contributed by atoms with E-state index < -0.39 is 5.82 Å². The zero-order valence-electron chi connectivity index (χ0n) is 19.1. The fourth-order valence-corrected chi connectivity index (χ4v) is 4.33. The molecule has 0 radical (unpaired) electrons. The van der Waals surface area contributed by atoms with Gasteiger partial charge < -0.3 is 9.80 Å². The summed E-state index contributed by atoms with van der Waals surface area (Å²) in [6, 6.07) is 10.2. The quantitative estimate of drug-likeness (QED) is 0.426. The van der Waals surface area contributed by atoms with Gasteiger partial charge in [-0.3, -0.25) is 4.79 Å². The van der Waals surface area contributed by atoms with Crippen molar-refractivity contribution < 1.29 is 9.18 Å². The van der Waals surface area contributed by atoms with E-state index in [1.54, 1.807) is 36.9 Å². The standard InChI is InChI=1S/C25H23ClFN7O/c1-17-3-6-23(34-30-7-8-31-34)21(13-17)24(35)32-9-2-10-33(12-11-32)25-28-15-18(16-29-25)20-5-4-19(26)14-22(20)27/h3-8,13-16H,2,9-12H2,1H3. The molecular weight excluding hydrogens is 469 g/mol. The summed E-state index contributed by atoms with van der Waals surface area (Å²) < 4.78 is 14.2. The molecule has 35 heavy (non-hydrogen) atoms. The summed E-state index contributed by atoms with van der Waals surface area (Å²) >= 11 is 5.85. The summed E-state index contributed by atoms with van der Waals surface area (Å²) in [5.74, 6) is 0.0744. The number of carbonyl (C=O) groups is 1. The Morgan fingerprint density at radius 3 is 2.49 bits per heavy atom. The first kappa shape index (κ1) is 22.9. The molecule has 0 spiro atoms. The minimum absolute atomic E-state index is 0.0580. The van der Waals surface area contributed by atoms with Crippen molar-refractivity contribution in [3.8, 4) is 16.8 Å². The van der Waals surface area contributed by atoms with Crippen molar-refractivity contribution >= 4 is 23.5 Å². The molecule has 0 saturated carbocycles. The fourth-order valence-electron chi connectivity index (χ4n) is 4.17. The van der Waals surface area contributed by atoms with E-state index in [-0.39, 0.29) is 5.91 Å². The highest BCUT2D eigenvalue weighted by Crippen LogP contribution is 2.25. The first-order valence-electron chi connectivity index (χ1n) is 11.3. The van der Waals surface area contributed by atoms with Gasteiger partial charge >= 0.3 is 0 Å². The van der Waals surface area contributed by atoms with Crippen molar-refractivity contribution in [2.45, 2.75) is 13.3 Å². The lowest BCUT2D eigenvalue weighted by Gasteiger charge is -2.23. The van der Waals surface area contributed by atoms with Crippen LogP contribution in [0.5, 0.6) is 0 Å². The molecule has 1 aliphatic rings. The SMILES string of the molecule is Cc1ccc(-n2nccn2)c(C(=O)N2CCCN(c3ncc(-c4ccc(Cl)cc4F)cn3)CC2)c1. The lowest BCUT2D eigenvalue weighted by molar-refractivity contribution is 0.0766. The maximum Gasteiger partial charge on any atom is 0.256 e. The maximum absolute atomic E-state index is 14.2. The molecule has 4 aromatic rings. The van der Waals surface area contributed by atoms with Crippen LogP contribution in [0.1, 0.15) is 22.3 Å².